The third kappa shape index (κ3) is 3.39. The summed E-state index contributed by atoms with van der Waals surface area (Å²) >= 11 is 2.03. The van der Waals surface area contributed by atoms with Gasteiger partial charge < -0.3 is 0 Å². The molecule has 2 aromatic carbocycles. The molecule has 0 N–H and O–H groups in total. The van der Waals surface area contributed by atoms with Crippen molar-refractivity contribution in [1.29, 1.82) is 0 Å². The number of hydrogen-bond acceptors (Lipinski definition) is 2. The fourth-order valence-corrected chi connectivity index (χ4v) is 7.73. The Hall–Kier alpha value is -2.19. The summed E-state index contributed by atoms with van der Waals surface area (Å²) < 4.78 is 1.40. The minimum atomic E-state index is 0.0912. The van der Waals surface area contributed by atoms with Crippen molar-refractivity contribution in [3.8, 4) is 11.3 Å². The van der Waals surface area contributed by atoms with Crippen LogP contribution in [0.3, 0.4) is 0 Å². The Bertz CT molecular complexity index is 1300. The molecule has 1 atom stereocenters. The van der Waals surface area contributed by atoms with Gasteiger partial charge in [-0.25, -0.2) is 0 Å². The number of rotatable bonds is 2. The van der Waals surface area contributed by atoms with Gasteiger partial charge in [0.1, 0.15) is 0 Å². The van der Waals surface area contributed by atoms with Gasteiger partial charge in [-0.2, -0.15) is 0 Å². The number of hydrogen-bond donors (Lipinski definition) is 0. The van der Waals surface area contributed by atoms with E-state index < -0.39 is 0 Å². The van der Waals surface area contributed by atoms with Gasteiger partial charge in [0, 0.05) is 16.6 Å². The molecule has 0 spiro atoms. The van der Waals surface area contributed by atoms with Gasteiger partial charge >= 0.3 is 0 Å². The summed E-state index contributed by atoms with van der Waals surface area (Å²) in [5.74, 6) is 1.83. The first-order chi connectivity index (χ1) is 15.5. The largest absolute Gasteiger partial charge is 0.255 e. The molecule has 4 aromatic rings. The molecular formula is C30H33NS. The third-order valence-electron chi connectivity index (χ3n) is 7.97. The van der Waals surface area contributed by atoms with E-state index in [1.54, 1.807) is 10.4 Å². The predicted molar refractivity (Wildman–Crippen MR) is 139 cm³/mol. The molecule has 1 unspecified atom stereocenters. The van der Waals surface area contributed by atoms with Crippen molar-refractivity contribution in [2.45, 2.75) is 71.1 Å². The summed E-state index contributed by atoms with van der Waals surface area (Å²) in [6.45, 7) is 6.95. The van der Waals surface area contributed by atoms with Crippen molar-refractivity contribution in [2.24, 2.45) is 11.8 Å². The number of benzene rings is 2. The summed E-state index contributed by atoms with van der Waals surface area (Å²) in [6.07, 6.45) is 11.9. The monoisotopic (exact) mass is 439 g/mol. The van der Waals surface area contributed by atoms with Crippen LogP contribution in [-0.4, -0.2) is 4.98 Å². The quantitative estimate of drug-likeness (QED) is 0.304. The van der Waals surface area contributed by atoms with Crippen LogP contribution in [0.2, 0.25) is 0 Å². The minimum Gasteiger partial charge on any atom is -0.255 e. The van der Waals surface area contributed by atoms with Crippen LogP contribution in [0.15, 0.2) is 48.7 Å². The number of pyridine rings is 1. The molecule has 32 heavy (non-hydrogen) atoms. The van der Waals surface area contributed by atoms with Gasteiger partial charge in [-0.05, 0) is 75.6 Å². The Kier molecular flexibility index (Phi) is 4.91. The van der Waals surface area contributed by atoms with Gasteiger partial charge in [-0.15, -0.1) is 11.3 Å². The molecule has 2 aromatic heterocycles. The molecule has 2 heterocycles. The molecule has 164 valence electrons. The first-order valence-electron chi connectivity index (χ1n) is 12.4. The fraction of sp³-hybridized carbons (Fsp3) is 0.433. The Morgan fingerprint density at radius 2 is 1.69 bits per heavy atom. The summed E-state index contributed by atoms with van der Waals surface area (Å²) in [6, 6.07) is 15.8. The van der Waals surface area contributed by atoms with E-state index in [0.717, 1.165) is 11.8 Å². The van der Waals surface area contributed by atoms with Crippen LogP contribution in [0.5, 0.6) is 0 Å². The highest BCUT2D eigenvalue weighted by Gasteiger charge is 2.32. The molecule has 0 radical (unpaired) electrons. The molecule has 2 heteroatoms. The Labute approximate surface area is 195 Å². The van der Waals surface area contributed by atoms with Gasteiger partial charge in [0.05, 0.1) is 10.4 Å². The van der Waals surface area contributed by atoms with Crippen LogP contribution in [0.4, 0.5) is 0 Å². The second-order valence-corrected chi connectivity index (χ2v) is 12.2. The molecule has 0 bridgehead atoms. The molecule has 2 aliphatic carbocycles. The number of thiophene rings is 1. The maximum absolute atomic E-state index is 4.94. The Morgan fingerprint density at radius 1 is 0.875 bits per heavy atom. The van der Waals surface area contributed by atoms with Crippen molar-refractivity contribution < 1.29 is 0 Å². The lowest BCUT2D eigenvalue weighted by molar-refractivity contribution is 0.256. The van der Waals surface area contributed by atoms with E-state index in [2.05, 4.69) is 63.2 Å². The number of nitrogens with zero attached hydrogens (tertiary/aromatic N) is 1. The molecule has 1 fully saturated rings. The molecule has 1 nitrogen and oxygen atoms in total. The molecule has 0 aliphatic heterocycles. The van der Waals surface area contributed by atoms with Gasteiger partial charge in [-0.3, -0.25) is 4.98 Å². The average molecular weight is 440 g/mol. The Morgan fingerprint density at radius 3 is 2.50 bits per heavy atom. The maximum Gasteiger partial charge on any atom is 0.0880 e. The standard InChI is InChI=1S/C30H33NS/c1-30(2,3)26-17-22(15-20-11-7-8-12-23(20)26)28-29-24(13-14-31-28)25-16-21(18-27(25)32-29)19-9-5-4-6-10-19/h7-8,11-15,17,19,21H,4-6,9-10,16,18H2,1-3H3. The van der Waals surface area contributed by atoms with Crippen LogP contribution in [-0.2, 0) is 18.3 Å². The highest BCUT2D eigenvalue weighted by molar-refractivity contribution is 7.19. The van der Waals surface area contributed by atoms with E-state index in [9.17, 15) is 0 Å². The summed E-state index contributed by atoms with van der Waals surface area (Å²) in [5.41, 5.74) is 5.58. The molecule has 0 amide bonds. The SMILES string of the molecule is CC(C)(C)c1cc(-c2nccc3c4c(sc23)CC(C2CCCCC2)C4)cc2ccccc12. The van der Waals surface area contributed by atoms with Crippen molar-refractivity contribution in [2.75, 3.05) is 0 Å². The zero-order valence-corrected chi connectivity index (χ0v) is 20.4. The van der Waals surface area contributed by atoms with E-state index in [-0.39, 0.29) is 5.41 Å². The minimum absolute atomic E-state index is 0.0912. The second kappa shape index (κ2) is 7.70. The number of aromatic nitrogens is 1. The normalized spacial score (nSPS) is 19.7. The third-order valence-corrected chi connectivity index (χ3v) is 9.24. The van der Waals surface area contributed by atoms with E-state index in [1.165, 1.54) is 82.6 Å². The Balaban J connectivity index is 1.45. The van der Waals surface area contributed by atoms with Gasteiger partial charge in [-0.1, -0.05) is 77.1 Å². The lowest BCUT2D eigenvalue weighted by atomic mass is 9.79. The van der Waals surface area contributed by atoms with Gasteiger partial charge in [0.2, 0.25) is 0 Å². The van der Waals surface area contributed by atoms with Crippen molar-refractivity contribution >= 4 is 32.2 Å². The average Bonchev–Trinajstić information content (AvgIpc) is 3.36. The van der Waals surface area contributed by atoms with Gasteiger partial charge in [0.15, 0.2) is 0 Å². The van der Waals surface area contributed by atoms with Crippen LogP contribution >= 0.6 is 11.3 Å². The first-order valence-corrected chi connectivity index (χ1v) is 13.2. The van der Waals surface area contributed by atoms with Gasteiger partial charge in [0.25, 0.3) is 0 Å². The predicted octanol–water partition coefficient (Wildman–Crippen LogP) is 8.71. The summed E-state index contributed by atoms with van der Waals surface area (Å²) in [7, 11) is 0. The zero-order valence-electron chi connectivity index (χ0n) is 19.6. The topological polar surface area (TPSA) is 12.9 Å². The van der Waals surface area contributed by atoms with Crippen molar-refractivity contribution in [1.82, 2.24) is 4.98 Å². The molecule has 0 saturated heterocycles. The van der Waals surface area contributed by atoms with E-state index in [0.29, 0.717) is 0 Å². The van der Waals surface area contributed by atoms with E-state index >= 15 is 0 Å². The maximum atomic E-state index is 4.94. The lowest BCUT2D eigenvalue weighted by Gasteiger charge is -2.27. The lowest BCUT2D eigenvalue weighted by Crippen LogP contribution is -2.18. The van der Waals surface area contributed by atoms with Crippen LogP contribution in [0.1, 0.15) is 68.9 Å². The van der Waals surface area contributed by atoms with Crippen molar-refractivity contribution in [3.05, 3.63) is 64.7 Å². The first kappa shape index (κ1) is 20.4. The van der Waals surface area contributed by atoms with E-state index in [1.807, 2.05) is 17.5 Å². The molecule has 2 aliphatic rings. The van der Waals surface area contributed by atoms with Crippen molar-refractivity contribution in [3.63, 3.8) is 0 Å². The number of fused-ring (bicyclic) bond motifs is 4. The van der Waals surface area contributed by atoms with Crippen LogP contribution in [0.25, 0.3) is 32.1 Å². The van der Waals surface area contributed by atoms with E-state index in [4.69, 9.17) is 4.98 Å². The highest BCUT2D eigenvalue weighted by Crippen LogP contribution is 2.47. The smallest absolute Gasteiger partial charge is 0.0880 e. The highest BCUT2D eigenvalue weighted by atomic mass is 32.1. The van der Waals surface area contributed by atoms with Crippen LogP contribution < -0.4 is 0 Å². The summed E-state index contributed by atoms with van der Waals surface area (Å²) in [4.78, 5) is 6.58. The molecule has 6 rings (SSSR count). The molecular weight excluding hydrogens is 406 g/mol. The zero-order chi connectivity index (χ0) is 21.9. The second-order valence-electron chi connectivity index (χ2n) is 11.1. The molecule has 1 saturated carbocycles. The van der Waals surface area contributed by atoms with Crippen LogP contribution in [0, 0.1) is 11.8 Å². The summed E-state index contributed by atoms with van der Waals surface area (Å²) in [5, 5.41) is 4.15. The fourth-order valence-electron chi connectivity index (χ4n) is 6.30.